The van der Waals surface area contributed by atoms with Crippen LogP contribution in [0.4, 0.5) is 4.79 Å². The van der Waals surface area contributed by atoms with Crippen LogP contribution < -0.4 is 0 Å². The Morgan fingerprint density at radius 2 is 1.61 bits per heavy atom. The van der Waals surface area contributed by atoms with Gasteiger partial charge >= 0.3 is 6.09 Å². The molecule has 1 fully saturated rings. The number of rotatable bonds is 0. The first-order chi connectivity index (χ1) is 8.22. The first-order valence-electron chi connectivity index (χ1n) is 6.46. The van der Waals surface area contributed by atoms with Crippen molar-refractivity contribution < 1.29 is 14.3 Å². The Labute approximate surface area is 108 Å². The summed E-state index contributed by atoms with van der Waals surface area (Å²) in [6.45, 7) is 9.31. The van der Waals surface area contributed by atoms with Crippen molar-refractivity contribution in [1.29, 1.82) is 0 Å². The minimum atomic E-state index is -0.509. The number of ether oxygens (including phenoxy) is 1. The third-order valence-corrected chi connectivity index (χ3v) is 3.67. The lowest BCUT2D eigenvalue weighted by Gasteiger charge is -2.41. The maximum absolute atomic E-state index is 12.2. The van der Waals surface area contributed by atoms with Crippen molar-refractivity contribution in [1.82, 2.24) is 4.90 Å². The highest BCUT2D eigenvalue weighted by atomic mass is 16.6. The fourth-order valence-corrected chi connectivity index (χ4v) is 2.74. The van der Waals surface area contributed by atoms with Crippen molar-refractivity contribution in [3.8, 4) is 0 Å². The van der Waals surface area contributed by atoms with E-state index in [9.17, 15) is 9.59 Å². The molecule has 2 heterocycles. The van der Waals surface area contributed by atoms with Crippen molar-refractivity contribution >= 4 is 11.9 Å². The minimum absolute atomic E-state index is 0.145. The van der Waals surface area contributed by atoms with Gasteiger partial charge in [-0.2, -0.15) is 0 Å². The molecule has 0 aliphatic carbocycles. The molecule has 18 heavy (non-hydrogen) atoms. The van der Waals surface area contributed by atoms with Gasteiger partial charge in [-0.3, -0.25) is 9.69 Å². The Morgan fingerprint density at radius 3 is 2.00 bits per heavy atom. The van der Waals surface area contributed by atoms with Crippen LogP contribution >= 0.6 is 0 Å². The second-order valence-electron chi connectivity index (χ2n) is 6.23. The predicted molar refractivity (Wildman–Crippen MR) is 68.1 cm³/mol. The fraction of sp³-hybridized carbons (Fsp3) is 0.714. The second-order valence-corrected chi connectivity index (χ2v) is 6.23. The molecule has 0 N–H and O–H groups in total. The molecule has 0 aromatic carbocycles. The Balaban J connectivity index is 2.21. The lowest BCUT2D eigenvalue weighted by atomic mass is 9.83. The number of hydrogen-bond acceptors (Lipinski definition) is 3. The van der Waals surface area contributed by atoms with E-state index in [0.717, 1.165) is 0 Å². The number of piperidine rings is 1. The molecule has 1 amide bonds. The minimum Gasteiger partial charge on any atom is -0.444 e. The van der Waals surface area contributed by atoms with Crippen LogP contribution in [0.3, 0.4) is 0 Å². The highest BCUT2D eigenvalue weighted by Crippen LogP contribution is 2.36. The Bertz CT molecular complexity index is 386. The molecule has 0 unspecified atom stereocenters. The summed E-state index contributed by atoms with van der Waals surface area (Å²) in [4.78, 5) is 26.0. The van der Waals surface area contributed by atoms with Crippen LogP contribution in [0.15, 0.2) is 12.2 Å². The summed E-state index contributed by atoms with van der Waals surface area (Å²) < 4.78 is 5.43. The highest BCUT2D eigenvalue weighted by Gasteiger charge is 2.49. The van der Waals surface area contributed by atoms with E-state index in [1.54, 1.807) is 4.90 Å². The molecule has 0 aromatic heterocycles. The van der Waals surface area contributed by atoms with Crippen molar-refractivity contribution in [2.45, 2.75) is 52.3 Å². The van der Waals surface area contributed by atoms with Gasteiger partial charge in [-0.1, -0.05) is 26.0 Å². The molecule has 2 rings (SSSR count). The van der Waals surface area contributed by atoms with Gasteiger partial charge in [0.25, 0.3) is 0 Å². The number of hydrogen-bond donors (Lipinski definition) is 0. The van der Waals surface area contributed by atoms with Gasteiger partial charge in [-0.05, 0) is 20.8 Å². The molecule has 4 nitrogen and oxygen atoms in total. The Hall–Kier alpha value is -1.32. The Kier molecular flexibility index (Phi) is 2.99. The molecule has 0 aromatic rings. The maximum Gasteiger partial charge on any atom is 0.411 e. The van der Waals surface area contributed by atoms with E-state index in [1.807, 2.05) is 46.8 Å². The fourth-order valence-electron chi connectivity index (χ4n) is 2.74. The molecule has 4 atom stereocenters. The van der Waals surface area contributed by atoms with Crippen LogP contribution in [0, 0.1) is 11.8 Å². The van der Waals surface area contributed by atoms with Gasteiger partial charge < -0.3 is 4.74 Å². The van der Waals surface area contributed by atoms with E-state index in [1.165, 1.54) is 0 Å². The number of carbonyl (C=O) groups excluding carboxylic acids is 2. The van der Waals surface area contributed by atoms with Gasteiger partial charge in [-0.25, -0.2) is 4.79 Å². The van der Waals surface area contributed by atoms with Gasteiger partial charge in [0.1, 0.15) is 11.4 Å². The maximum atomic E-state index is 12.2. The molecule has 0 saturated carbocycles. The topological polar surface area (TPSA) is 46.6 Å². The molecule has 2 aliphatic heterocycles. The zero-order valence-electron chi connectivity index (χ0n) is 11.6. The van der Waals surface area contributed by atoms with E-state index < -0.39 is 5.60 Å². The smallest absolute Gasteiger partial charge is 0.411 e. The van der Waals surface area contributed by atoms with Gasteiger partial charge in [0, 0.05) is 11.8 Å². The number of nitrogens with zero attached hydrogens (tertiary/aromatic N) is 1. The van der Waals surface area contributed by atoms with Crippen LogP contribution in [0.2, 0.25) is 0 Å². The quantitative estimate of drug-likeness (QED) is 0.621. The lowest BCUT2D eigenvalue weighted by Crippen LogP contribution is -2.56. The number of ketones is 1. The van der Waals surface area contributed by atoms with E-state index in [-0.39, 0.29) is 35.8 Å². The summed E-state index contributed by atoms with van der Waals surface area (Å²) in [6, 6.07) is -0.290. The largest absolute Gasteiger partial charge is 0.444 e. The summed E-state index contributed by atoms with van der Waals surface area (Å²) in [7, 11) is 0. The van der Waals surface area contributed by atoms with E-state index in [2.05, 4.69) is 0 Å². The van der Waals surface area contributed by atoms with Crippen LogP contribution in [0.1, 0.15) is 34.6 Å². The van der Waals surface area contributed by atoms with Gasteiger partial charge in [0.15, 0.2) is 0 Å². The monoisotopic (exact) mass is 251 g/mol. The summed E-state index contributed by atoms with van der Waals surface area (Å²) in [6.07, 6.45) is 3.59. The van der Waals surface area contributed by atoms with E-state index in [4.69, 9.17) is 4.74 Å². The van der Waals surface area contributed by atoms with Gasteiger partial charge in [0.2, 0.25) is 0 Å². The molecule has 2 bridgehead atoms. The van der Waals surface area contributed by atoms with E-state index >= 15 is 0 Å². The molecule has 100 valence electrons. The Morgan fingerprint density at radius 1 is 1.17 bits per heavy atom. The third-order valence-electron chi connectivity index (χ3n) is 3.67. The summed E-state index contributed by atoms with van der Waals surface area (Å²) in [5.74, 6) is -0.0696. The normalized spacial score (nSPS) is 34.9. The number of fused-ring (bicyclic) bond motifs is 2. The van der Waals surface area contributed by atoms with E-state index in [0.29, 0.717) is 0 Å². The summed E-state index contributed by atoms with van der Waals surface area (Å²) in [5, 5.41) is 0. The number of Topliss-reactive ketones (excluding diaryl/α,β-unsaturated/α-hetero) is 1. The van der Waals surface area contributed by atoms with Crippen molar-refractivity contribution in [2.75, 3.05) is 0 Å². The third kappa shape index (κ3) is 2.04. The average Bonchev–Trinajstić information content (AvgIpc) is 2.63. The van der Waals surface area contributed by atoms with Crippen molar-refractivity contribution in [3.05, 3.63) is 12.2 Å². The van der Waals surface area contributed by atoms with Crippen LogP contribution in [0.5, 0.6) is 0 Å². The first-order valence-corrected chi connectivity index (χ1v) is 6.46. The summed E-state index contributed by atoms with van der Waals surface area (Å²) >= 11 is 0. The highest BCUT2D eigenvalue weighted by molar-refractivity contribution is 5.88. The van der Waals surface area contributed by atoms with Gasteiger partial charge in [-0.15, -0.1) is 0 Å². The first kappa shape index (κ1) is 13.1. The van der Waals surface area contributed by atoms with Crippen LogP contribution in [0.25, 0.3) is 0 Å². The van der Waals surface area contributed by atoms with Crippen molar-refractivity contribution in [3.63, 3.8) is 0 Å². The predicted octanol–water partition coefficient (Wildman–Crippen LogP) is 2.39. The van der Waals surface area contributed by atoms with Gasteiger partial charge in [0.05, 0.1) is 12.1 Å². The molecular weight excluding hydrogens is 230 g/mol. The molecule has 2 aliphatic rings. The zero-order valence-corrected chi connectivity index (χ0v) is 11.6. The zero-order chi connectivity index (χ0) is 13.7. The lowest BCUT2D eigenvalue weighted by molar-refractivity contribution is -0.132. The molecule has 4 heteroatoms. The van der Waals surface area contributed by atoms with Crippen LogP contribution in [-0.2, 0) is 9.53 Å². The average molecular weight is 251 g/mol. The SMILES string of the molecule is C[C@@H]1C(=O)[C@@H](C)[C@@H]2C=C[C@H]1N2C(=O)OC(C)(C)C. The summed E-state index contributed by atoms with van der Waals surface area (Å²) in [5.41, 5.74) is -0.509. The number of amides is 1. The van der Waals surface area contributed by atoms with Crippen molar-refractivity contribution in [2.24, 2.45) is 11.8 Å². The second kappa shape index (κ2) is 4.11. The molecule has 0 radical (unpaired) electrons. The molecule has 1 saturated heterocycles. The van der Waals surface area contributed by atoms with Crippen LogP contribution in [-0.4, -0.2) is 34.5 Å². The molecular formula is C14H21NO3. The standard InChI is InChI=1S/C14H21NO3/c1-8-10-6-7-11(9(2)12(8)16)15(10)13(17)18-14(3,4)5/h6-11H,1-5H3/t8-,9-,10-,11+/m0/s1. The number of carbonyl (C=O) groups is 2. The molecule has 0 spiro atoms.